The minimum absolute atomic E-state index is 0.717. The molecule has 0 spiro atoms. The summed E-state index contributed by atoms with van der Waals surface area (Å²) in [5, 5.41) is 0.717. The number of nitrogen functional groups attached to an aromatic ring is 1. The fraction of sp³-hybridized carbons (Fsp3) is 0.250. The third-order valence-corrected chi connectivity index (χ3v) is 3.48. The topological polar surface area (TPSA) is 38.5 Å². The van der Waals surface area contributed by atoms with Gasteiger partial charge in [-0.15, -0.1) is 0 Å². The summed E-state index contributed by atoms with van der Waals surface area (Å²) in [5.41, 5.74) is 8.70. The van der Waals surface area contributed by atoms with E-state index in [-0.39, 0.29) is 0 Å². The molecule has 0 aromatic heterocycles. The fourth-order valence-corrected chi connectivity index (χ4v) is 2.34. The van der Waals surface area contributed by atoms with E-state index in [4.69, 9.17) is 22.1 Å². The van der Waals surface area contributed by atoms with E-state index in [0.29, 0.717) is 5.02 Å². The molecule has 0 bridgehead atoms. The maximum Gasteiger partial charge on any atom is 0.123 e. The average molecular weight is 291 g/mol. The second-order valence-electron chi connectivity index (χ2n) is 4.56. The highest BCUT2D eigenvalue weighted by Gasteiger charge is 2.10. The van der Waals surface area contributed by atoms with Gasteiger partial charge >= 0.3 is 0 Å². The van der Waals surface area contributed by atoms with E-state index in [0.717, 1.165) is 35.8 Å². The largest absolute Gasteiger partial charge is 0.496 e. The number of hydrogen-bond acceptors (Lipinski definition) is 3. The molecule has 0 atom stereocenters. The van der Waals surface area contributed by atoms with E-state index in [9.17, 15) is 0 Å². The molecule has 2 rings (SSSR count). The predicted octanol–water partition coefficient (Wildman–Crippen LogP) is 3.96. The zero-order valence-electron chi connectivity index (χ0n) is 11.8. The molecular weight excluding hydrogens is 272 g/mol. The van der Waals surface area contributed by atoms with E-state index in [2.05, 4.69) is 11.8 Å². The third-order valence-electron chi connectivity index (χ3n) is 3.24. The number of methoxy groups -OCH3 is 1. The van der Waals surface area contributed by atoms with Crippen LogP contribution in [0.5, 0.6) is 5.75 Å². The maximum atomic E-state index is 6.08. The second kappa shape index (κ2) is 6.53. The number of halogens is 1. The van der Waals surface area contributed by atoms with Crippen LogP contribution in [0.2, 0.25) is 5.02 Å². The van der Waals surface area contributed by atoms with Crippen molar-refractivity contribution in [1.82, 2.24) is 0 Å². The van der Waals surface area contributed by atoms with Crippen molar-refractivity contribution >= 4 is 23.0 Å². The normalized spacial score (nSPS) is 10.3. The Balaban J connectivity index is 2.26. The van der Waals surface area contributed by atoms with Crippen molar-refractivity contribution in [2.24, 2.45) is 0 Å². The molecule has 3 nitrogen and oxygen atoms in total. The van der Waals surface area contributed by atoms with Crippen LogP contribution in [0.25, 0.3) is 0 Å². The maximum absolute atomic E-state index is 6.08. The quantitative estimate of drug-likeness (QED) is 0.847. The summed E-state index contributed by atoms with van der Waals surface area (Å²) in [5.74, 6) is 0.850. The number of anilines is 2. The Bertz CT molecular complexity index is 569. The van der Waals surface area contributed by atoms with E-state index in [1.165, 1.54) is 0 Å². The van der Waals surface area contributed by atoms with Crippen molar-refractivity contribution in [2.75, 3.05) is 24.3 Å². The Morgan fingerprint density at radius 3 is 2.45 bits per heavy atom. The van der Waals surface area contributed by atoms with Crippen LogP contribution in [0.15, 0.2) is 42.5 Å². The number of rotatable bonds is 5. The zero-order valence-corrected chi connectivity index (χ0v) is 12.5. The van der Waals surface area contributed by atoms with Gasteiger partial charge in [0.2, 0.25) is 0 Å². The zero-order chi connectivity index (χ0) is 14.5. The minimum Gasteiger partial charge on any atom is -0.496 e. The van der Waals surface area contributed by atoms with Crippen molar-refractivity contribution in [3.05, 3.63) is 53.1 Å². The summed E-state index contributed by atoms with van der Waals surface area (Å²) in [7, 11) is 1.67. The summed E-state index contributed by atoms with van der Waals surface area (Å²) < 4.78 is 5.40. The van der Waals surface area contributed by atoms with Gasteiger partial charge in [0.05, 0.1) is 7.11 Å². The summed E-state index contributed by atoms with van der Waals surface area (Å²) in [6, 6.07) is 13.5. The number of nitrogens with two attached hydrogens (primary N) is 1. The lowest BCUT2D eigenvalue weighted by atomic mass is 10.1. The molecule has 2 aromatic carbocycles. The van der Waals surface area contributed by atoms with Gasteiger partial charge in [-0.3, -0.25) is 0 Å². The van der Waals surface area contributed by atoms with Crippen LogP contribution in [0.3, 0.4) is 0 Å². The van der Waals surface area contributed by atoms with Gasteiger partial charge < -0.3 is 15.4 Å². The van der Waals surface area contributed by atoms with Gasteiger partial charge in [0.15, 0.2) is 0 Å². The smallest absolute Gasteiger partial charge is 0.123 e. The molecular formula is C16H19ClN2O. The Hall–Kier alpha value is -1.87. The van der Waals surface area contributed by atoms with Crippen LogP contribution in [0.1, 0.15) is 12.5 Å². The molecule has 2 N–H and O–H groups in total. The first-order valence-electron chi connectivity index (χ1n) is 6.57. The third kappa shape index (κ3) is 3.36. The first-order valence-corrected chi connectivity index (χ1v) is 6.94. The van der Waals surface area contributed by atoms with Crippen LogP contribution in [0.4, 0.5) is 11.4 Å². The van der Waals surface area contributed by atoms with Crippen LogP contribution < -0.4 is 15.4 Å². The van der Waals surface area contributed by atoms with Crippen molar-refractivity contribution in [3.8, 4) is 5.75 Å². The summed E-state index contributed by atoms with van der Waals surface area (Å²) in [6.07, 6.45) is 0. The van der Waals surface area contributed by atoms with Crippen LogP contribution in [0, 0.1) is 0 Å². The first kappa shape index (κ1) is 14.5. The monoisotopic (exact) mass is 290 g/mol. The lowest BCUT2D eigenvalue weighted by molar-refractivity contribution is 0.409. The highest BCUT2D eigenvalue weighted by atomic mass is 35.5. The number of nitrogens with zero attached hydrogens (tertiary/aromatic N) is 1. The van der Waals surface area contributed by atoms with Crippen molar-refractivity contribution < 1.29 is 4.74 Å². The van der Waals surface area contributed by atoms with Gasteiger partial charge in [-0.05, 0) is 49.4 Å². The van der Waals surface area contributed by atoms with Gasteiger partial charge in [-0.2, -0.15) is 0 Å². The van der Waals surface area contributed by atoms with E-state index >= 15 is 0 Å². The van der Waals surface area contributed by atoms with Gasteiger partial charge in [-0.25, -0.2) is 0 Å². The Kier molecular flexibility index (Phi) is 4.74. The molecule has 0 heterocycles. The van der Waals surface area contributed by atoms with Crippen LogP contribution in [-0.2, 0) is 6.54 Å². The van der Waals surface area contributed by atoms with Gasteiger partial charge in [0, 0.05) is 35.1 Å². The molecule has 0 fully saturated rings. The number of benzene rings is 2. The molecule has 0 unspecified atom stereocenters. The van der Waals surface area contributed by atoms with Crippen LogP contribution >= 0.6 is 11.6 Å². The molecule has 0 saturated heterocycles. The molecule has 0 radical (unpaired) electrons. The fourth-order valence-electron chi connectivity index (χ4n) is 2.15. The van der Waals surface area contributed by atoms with E-state index in [1.54, 1.807) is 7.11 Å². The number of ether oxygens (including phenoxy) is 1. The molecule has 2 aromatic rings. The van der Waals surface area contributed by atoms with Gasteiger partial charge in [-0.1, -0.05) is 11.6 Å². The molecule has 0 amide bonds. The second-order valence-corrected chi connectivity index (χ2v) is 5.00. The van der Waals surface area contributed by atoms with Gasteiger partial charge in [0.25, 0.3) is 0 Å². The summed E-state index contributed by atoms with van der Waals surface area (Å²) >= 11 is 6.08. The predicted molar refractivity (Wildman–Crippen MR) is 85.6 cm³/mol. The van der Waals surface area contributed by atoms with Crippen LogP contribution in [-0.4, -0.2) is 13.7 Å². The van der Waals surface area contributed by atoms with E-state index < -0.39 is 0 Å². The SMILES string of the molecule is CCN(Cc1cc(Cl)ccc1OC)c1ccc(N)cc1. The van der Waals surface area contributed by atoms with Crippen molar-refractivity contribution in [2.45, 2.75) is 13.5 Å². The Morgan fingerprint density at radius 2 is 1.85 bits per heavy atom. The van der Waals surface area contributed by atoms with Gasteiger partial charge in [0.1, 0.15) is 5.75 Å². The molecule has 0 aliphatic rings. The minimum atomic E-state index is 0.717. The molecule has 20 heavy (non-hydrogen) atoms. The number of hydrogen-bond donors (Lipinski definition) is 1. The Morgan fingerprint density at radius 1 is 1.15 bits per heavy atom. The van der Waals surface area contributed by atoms with Crippen molar-refractivity contribution in [3.63, 3.8) is 0 Å². The lowest BCUT2D eigenvalue weighted by Crippen LogP contribution is -2.22. The highest BCUT2D eigenvalue weighted by Crippen LogP contribution is 2.26. The van der Waals surface area contributed by atoms with E-state index in [1.807, 2.05) is 42.5 Å². The summed E-state index contributed by atoms with van der Waals surface area (Å²) in [6.45, 7) is 3.75. The summed E-state index contributed by atoms with van der Waals surface area (Å²) in [4.78, 5) is 2.24. The molecule has 106 valence electrons. The molecule has 4 heteroatoms. The van der Waals surface area contributed by atoms with Crippen molar-refractivity contribution in [1.29, 1.82) is 0 Å². The average Bonchev–Trinajstić information content (AvgIpc) is 2.46. The highest BCUT2D eigenvalue weighted by molar-refractivity contribution is 6.30. The standard InChI is InChI=1S/C16H19ClN2O/c1-3-19(15-7-5-14(18)6-8-15)11-12-10-13(17)4-9-16(12)20-2/h4-10H,3,11,18H2,1-2H3. The molecule has 0 aliphatic carbocycles. The molecule has 0 aliphatic heterocycles. The molecule has 0 saturated carbocycles. The first-order chi connectivity index (χ1) is 9.63. The Labute approximate surface area is 124 Å². The lowest BCUT2D eigenvalue weighted by Gasteiger charge is -2.24.